The SMILES string of the molecule is CC(O)(C(N)=O)c1ccc(F)c(F)c1. The molecule has 14 heavy (non-hydrogen) atoms. The van der Waals surface area contributed by atoms with Gasteiger partial charge in [0.05, 0.1) is 0 Å². The number of primary amides is 1. The Morgan fingerprint density at radius 2 is 2.00 bits per heavy atom. The third-order valence-corrected chi connectivity index (χ3v) is 1.96. The summed E-state index contributed by atoms with van der Waals surface area (Å²) in [6.07, 6.45) is 0. The van der Waals surface area contributed by atoms with Crippen molar-refractivity contribution in [3.63, 3.8) is 0 Å². The van der Waals surface area contributed by atoms with Gasteiger partial charge in [-0.25, -0.2) is 8.78 Å². The molecule has 0 fully saturated rings. The minimum atomic E-state index is -1.99. The zero-order valence-electron chi connectivity index (χ0n) is 7.42. The Kier molecular flexibility index (Phi) is 2.53. The Bertz CT molecular complexity index is 377. The molecule has 1 rings (SSSR count). The number of rotatable bonds is 2. The summed E-state index contributed by atoms with van der Waals surface area (Å²) in [5.41, 5.74) is 2.81. The molecule has 1 aromatic rings. The average Bonchev–Trinajstić information content (AvgIpc) is 2.09. The Morgan fingerprint density at radius 3 is 2.43 bits per heavy atom. The molecule has 1 amide bonds. The van der Waals surface area contributed by atoms with Crippen LogP contribution in [0.1, 0.15) is 12.5 Å². The standard InChI is InChI=1S/C9H9F2NO2/c1-9(14,8(12)13)5-2-3-6(10)7(11)4-5/h2-4,14H,1H3,(H2,12,13). The van der Waals surface area contributed by atoms with E-state index in [4.69, 9.17) is 5.73 Å². The van der Waals surface area contributed by atoms with Crippen LogP contribution in [0.25, 0.3) is 0 Å². The van der Waals surface area contributed by atoms with Crippen molar-refractivity contribution in [2.24, 2.45) is 5.73 Å². The maximum atomic E-state index is 12.7. The lowest BCUT2D eigenvalue weighted by Crippen LogP contribution is -2.38. The lowest BCUT2D eigenvalue weighted by atomic mass is 9.95. The second kappa shape index (κ2) is 3.34. The quantitative estimate of drug-likeness (QED) is 0.738. The number of hydrogen-bond acceptors (Lipinski definition) is 2. The molecule has 1 unspecified atom stereocenters. The van der Waals surface area contributed by atoms with E-state index in [0.717, 1.165) is 25.1 Å². The van der Waals surface area contributed by atoms with E-state index >= 15 is 0 Å². The first-order valence-electron chi connectivity index (χ1n) is 3.83. The van der Waals surface area contributed by atoms with Gasteiger partial charge in [0.1, 0.15) is 0 Å². The molecule has 0 aliphatic heterocycles. The summed E-state index contributed by atoms with van der Waals surface area (Å²) < 4.78 is 25.2. The van der Waals surface area contributed by atoms with Crippen LogP contribution in [0.5, 0.6) is 0 Å². The highest BCUT2D eigenvalue weighted by atomic mass is 19.2. The van der Waals surface area contributed by atoms with Crippen LogP contribution in [0.3, 0.4) is 0 Å². The van der Waals surface area contributed by atoms with Crippen molar-refractivity contribution in [1.82, 2.24) is 0 Å². The number of carbonyl (C=O) groups excluding carboxylic acids is 1. The van der Waals surface area contributed by atoms with E-state index in [0.29, 0.717) is 0 Å². The Labute approximate surface area is 79.2 Å². The highest BCUT2D eigenvalue weighted by molar-refractivity contribution is 5.84. The van der Waals surface area contributed by atoms with E-state index in [1.165, 1.54) is 0 Å². The first-order valence-corrected chi connectivity index (χ1v) is 3.83. The number of nitrogens with two attached hydrogens (primary N) is 1. The van der Waals surface area contributed by atoms with Crippen LogP contribution in [-0.4, -0.2) is 11.0 Å². The second-order valence-electron chi connectivity index (χ2n) is 3.07. The largest absolute Gasteiger partial charge is 0.376 e. The van der Waals surface area contributed by atoms with Gasteiger partial charge < -0.3 is 10.8 Å². The molecule has 0 saturated carbocycles. The maximum Gasteiger partial charge on any atom is 0.253 e. The smallest absolute Gasteiger partial charge is 0.253 e. The fraction of sp³-hybridized carbons (Fsp3) is 0.222. The molecule has 76 valence electrons. The first kappa shape index (κ1) is 10.6. The van der Waals surface area contributed by atoms with Crippen LogP contribution in [0.15, 0.2) is 18.2 Å². The highest BCUT2D eigenvalue weighted by Crippen LogP contribution is 2.21. The predicted octanol–water partition coefficient (Wildman–Crippen LogP) is 0.658. The molecular weight excluding hydrogens is 192 g/mol. The molecule has 5 heteroatoms. The van der Waals surface area contributed by atoms with Gasteiger partial charge in [-0.1, -0.05) is 6.07 Å². The van der Waals surface area contributed by atoms with Gasteiger partial charge in [0.25, 0.3) is 5.91 Å². The Morgan fingerprint density at radius 1 is 1.43 bits per heavy atom. The maximum absolute atomic E-state index is 12.7. The van der Waals surface area contributed by atoms with E-state index in [1.54, 1.807) is 0 Å². The van der Waals surface area contributed by atoms with Gasteiger partial charge >= 0.3 is 0 Å². The van der Waals surface area contributed by atoms with Gasteiger partial charge in [-0.05, 0) is 24.6 Å². The summed E-state index contributed by atoms with van der Waals surface area (Å²) in [6.45, 7) is 1.11. The lowest BCUT2D eigenvalue weighted by molar-refractivity contribution is -0.135. The van der Waals surface area contributed by atoms with Crippen molar-refractivity contribution < 1.29 is 18.7 Å². The van der Waals surface area contributed by atoms with Crippen molar-refractivity contribution in [3.8, 4) is 0 Å². The number of halogens is 2. The van der Waals surface area contributed by atoms with Crippen molar-refractivity contribution in [2.45, 2.75) is 12.5 Å². The number of benzene rings is 1. The summed E-state index contributed by atoms with van der Waals surface area (Å²) in [4.78, 5) is 10.8. The van der Waals surface area contributed by atoms with Gasteiger partial charge in [-0.3, -0.25) is 4.79 Å². The third kappa shape index (κ3) is 1.72. The van der Waals surface area contributed by atoms with E-state index in [2.05, 4.69) is 0 Å². The topological polar surface area (TPSA) is 63.3 Å². The van der Waals surface area contributed by atoms with Crippen LogP contribution in [-0.2, 0) is 10.4 Å². The molecule has 0 spiro atoms. The molecule has 3 nitrogen and oxygen atoms in total. The average molecular weight is 201 g/mol. The fourth-order valence-electron chi connectivity index (χ4n) is 0.941. The molecule has 1 aromatic carbocycles. The molecule has 0 aliphatic carbocycles. The zero-order chi connectivity index (χ0) is 10.9. The van der Waals surface area contributed by atoms with Crippen LogP contribution in [0.2, 0.25) is 0 Å². The molecule has 3 N–H and O–H groups in total. The van der Waals surface area contributed by atoms with Crippen LogP contribution in [0.4, 0.5) is 8.78 Å². The Balaban J connectivity index is 3.21. The molecule has 0 bridgehead atoms. The molecule has 0 saturated heterocycles. The van der Waals surface area contributed by atoms with Crippen LogP contribution in [0, 0.1) is 11.6 Å². The third-order valence-electron chi connectivity index (χ3n) is 1.96. The zero-order valence-corrected chi connectivity index (χ0v) is 7.42. The number of carbonyl (C=O) groups is 1. The molecule has 0 aliphatic rings. The van der Waals surface area contributed by atoms with Gasteiger partial charge in [0, 0.05) is 0 Å². The molecule has 0 radical (unpaired) electrons. The monoisotopic (exact) mass is 201 g/mol. The van der Waals surface area contributed by atoms with Crippen molar-refractivity contribution in [2.75, 3.05) is 0 Å². The summed E-state index contributed by atoms with van der Waals surface area (Å²) in [7, 11) is 0. The number of hydrogen-bond donors (Lipinski definition) is 2. The van der Waals surface area contributed by atoms with Crippen molar-refractivity contribution in [1.29, 1.82) is 0 Å². The summed E-state index contributed by atoms with van der Waals surface area (Å²) >= 11 is 0. The van der Waals surface area contributed by atoms with Crippen molar-refractivity contribution in [3.05, 3.63) is 35.4 Å². The van der Waals surface area contributed by atoms with E-state index in [1.807, 2.05) is 0 Å². The normalized spacial score (nSPS) is 14.9. The first-order chi connectivity index (χ1) is 6.35. The summed E-state index contributed by atoms with van der Waals surface area (Å²) in [6, 6.07) is 2.66. The van der Waals surface area contributed by atoms with Crippen LogP contribution >= 0.6 is 0 Å². The fourth-order valence-corrected chi connectivity index (χ4v) is 0.941. The van der Waals surface area contributed by atoms with E-state index < -0.39 is 23.1 Å². The highest BCUT2D eigenvalue weighted by Gasteiger charge is 2.30. The van der Waals surface area contributed by atoms with Gasteiger partial charge in [0.2, 0.25) is 0 Å². The minimum Gasteiger partial charge on any atom is -0.376 e. The van der Waals surface area contributed by atoms with Crippen molar-refractivity contribution >= 4 is 5.91 Å². The molecule has 0 aromatic heterocycles. The summed E-state index contributed by atoms with van der Waals surface area (Å²) in [5.74, 6) is -3.21. The number of amides is 1. The number of aliphatic hydroxyl groups is 1. The lowest BCUT2D eigenvalue weighted by Gasteiger charge is -2.19. The summed E-state index contributed by atoms with van der Waals surface area (Å²) in [5, 5.41) is 9.51. The Hall–Kier alpha value is -1.49. The van der Waals surface area contributed by atoms with E-state index in [9.17, 15) is 18.7 Å². The van der Waals surface area contributed by atoms with Gasteiger partial charge in [0.15, 0.2) is 17.2 Å². The van der Waals surface area contributed by atoms with Crippen LogP contribution < -0.4 is 5.73 Å². The molecule has 1 atom stereocenters. The second-order valence-corrected chi connectivity index (χ2v) is 3.07. The van der Waals surface area contributed by atoms with E-state index in [-0.39, 0.29) is 5.56 Å². The van der Waals surface area contributed by atoms with Gasteiger partial charge in [-0.2, -0.15) is 0 Å². The predicted molar refractivity (Wildman–Crippen MR) is 45.1 cm³/mol. The minimum absolute atomic E-state index is 0.0797. The van der Waals surface area contributed by atoms with Gasteiger partial charge in [-0.15, -0.1) is 0 Å². The molecular formula is C9H9F2NO2. The molecule has 0 heterocycles.